The molecule has 0 aliphatic heterocycles. The van der Waals surface area contributed by atoms with E-state index in [1.54, 1.807) is 4.58 Å². The van der Waals surface area contributed by atoms with Crippen LogP contribution >= 0.6 is 0 Å². The van der Waals surface area contributed by atoms with Gasteiger partial charge in [0.1, 0.15) is 13.4 Å². The number of nitrogens with one attached hydrogen (secondary N) is 1. The van der Waals surface area contributed by atoms with Gasteiger partial charge < -0.3 is 5.32 Å². The predicted molar refractivity (Wildman–Crippen MR) is 60.1 cm³/mol. The first-order valence-corrected chi connectivity index (χ1v) is 5.55. The lowest BCUT2D eigenvalue weighted by Gasteiger charge is -2.11. The Morgan fingerprint density at radius 2 is 2.14 bits per heavy atom. The van der Waals surface area contributed by atoms with Gasteiger partial charge in [0.2, 0.25) is 0 Å². The van der Waals surface area contributed by atoms with Crippen LogP contribution in [0.5, 0.6) is 0 Å². The van der Waals surface area contributed by atoms with E-state index in [-0.39, 0.29) is 6.67 Å². The Morgan fingerprint density at radius 1 is 1.43 bits per heavy atom. The van der Waals surface area contributed by atoms with Crippen molar-refractivity contribution in [1.82, 2.24) is 5.32 Å². The summed E-state index contributed by atoms with van der Waals surface area (Å²) in [5.74, 6) is 0. The van der Waals surface area contributed by atoms with Gasteiger partial charge in [-0.15, -0.1) is 0 Å². The molecule has 2 nitrogen and oxygen atoms in total. The summed E-state index contributed by atoms with van der Waals surface area (Å²) in [7, 11) is 0. The van der Waals surface area contributed by atoms with E-state index in [9.17, 15) is 4.39 Å². The lowest BCUT2D eigenvalue weighted by molar-refractivity contribution is -0.522. The summed E-state index contributed by atoms with van der Waals surface area (Å²) in [6, 6.07) is 0.399. The molecule has 14 heavy (non-hydrogen) atoms. The average Bonchev–Trinajstić information content (AvgIpc) is 2.13. The van der Waals surface area contributed by atoms with Gasteiger partial charge in [-0.25, -0.2) is 8.97 Å². The van der Waals surface area contributed by atoms with Crippen molar-refractivity contribution in [2.75, 3.05) is 26.3 Å². The summed E-state index contributed by atoms with van der Waals surface area (Å²) in [5.41, 5.74) is 0. The van der Waals surface area contributed by atoms with Gasteiger partial charge in [0, 0.05) is 0 Å². The van der Waals surface area contributed by atoms with E-state index >= 15 is 0 Å². The minimum Gasteiger partial charge on any atom is -0.309 e. The van der Waals surface area contributed by atoms with Gasteiger partial charge in [0.25, 0.3) is 0 Å². The van der Waals surface area contributed by atoms with Gasteiger partial charge in [0.05, 0.1) is 6.04 Å². The van der Waals surface area contributed by atoms with Crippen LogP contribution in [0, 0.1) is 0 Å². The molecule has 0 saturated heterocycles. The zero-order chi connectivity index (χ0) is 10.8. The van der Waals surface area contributed by atoms with E-state index in [2.05, 4.69) is 25.9 Å². The van der Waals surface area contributed by atoms with Crippen LogP contribution in [0.4, 0.5) is 4.39 Å². The van der Waals surface area contributed by atoms with Crippen LogP contribution in [0.15, 0.2) is 0 Å². The van der Waals surface area contributed by atoms with Crippen LogP contribution < -0.4 is 5.32 Å². The maximum atomic E-state index is 11.9. The molecule has 0 aromatic rings. The molecule has 0 aliphatic rings. The lowest BCUT2D eigenvalue weighted by Crippen LogP contribution is -2.35. The highest BCUT2D eigenvalue weighted by Gasteiger charge is 2.07. The molecule has 0 fully saturated rings. The van der Waals surface area contributed by atoms with Crippen molar-refractivity contribution in [1.29, 1.82) is 0 Å². The van der Waals surface area contributed by atoms with Crippen molar-refractivity contribution in [3.05, 3.63) is 0 Å². The molecule has 0 rings (SSSR count). The second-order valence-electron chi connectivity index (χ2n) is 3.83. The van der Waals surface area contributed by atoms with Crippen LogP contribution in [0.2, 0.25) is 0 Å². The number of nitrogens with zero attached hydrogens (tertiary/aromatic N) is 1. The monoisotopic (exact) mass is 203 g/mol. The summed E-state index contributed by atoms with van der Waals surface area (Å²) >= 11 is 0. The van der Waals surface area contributed by atoms with E-state index in [0.717, 1.165) is 13.1 Å². The molecule has 0 saturated carbocycles. The fraction of sp³-hybridized carbons (Fsp3) is 0.909. The quantitative estimate of drug-likeness (QED) is 0.343. The number of halogens is 1. The Kier molecular flexibility index (Phi) is 8.84. The summed E-state index contributed by atoms with van der Waals surface area (Å²) in [6.07, 6.45) is 3.75. The fourth-order valence-electron chi connectivity index (χ4n) is 1.39. The van der Waals surface area contributed by atoms with Gasteiger partial charge in [0.15, 0.2) is 13.1 Å². The number of unbranched alkanes of at least 4 members (excludes halogenated alkanes) is 2. The maximum absolute atomic E-state index is 11.9. The third kappa shape index (κ3) is 8.17. The summed E-state index contributed by atoms with van der Waals surface area (Å²) in [5, 5.41) is 3.40. The first-order valence-electron chi connectivity index (χ1n) is 5.55. The number of alkyl halides is 1. The average molecular weight is 203 g/mol. The second-order valence-corrected chi connectivity index (χ2v) is 3.83. The Labute approximate surface area is 87.2 Å². The Hall–Kier alpha value is -0.440. The van der Waals surface area contributed by atoms with E-state index in [1.165, 1.54) is 19.3 Å². The van der Waals surface area contributed by atoms with Crippen LogP contribution in [-0.4, -0.2) is 43.6 Å². The fourth-order valence-corrected chi connectivity index (χ4v) is 1.39. The lowest BCUT2D eigenvalue weighted by atomic mass is 10.2. The maximum Gasteiger partial charge on any atom is 0.170 e. The highest BCUT2D eigenvalue weighted by atomic mass is 19.1. The van der Waals surface area contributed by atoms with Gasteiger partial charge in [-0.1, -0.05) is 19.8 Å². The molecule has 0 aromatic carbocycles. The minimum atomic E-state index is -0.313. The van der Waals surface area contributed by atoms with Crippen LogP contribution in [-0.2, 0) is 0 Å². The van der Waals surface area contributed by atoms with E-state index in [0.29, 0.717) is 12.6 Å². The van der Waals surface area contributed by atoms with Crippen LogP contribution in [0.1, 0.15) is 33.1 Å². The molecule has 0 heterocycles. The van der Waals surface area contributed by atoms with E-state index in [4.69, 9.17) is 0 Å². The van der Waals surface area contributed by atoms with Crippen molar-refractivity contribution in [2.45, 2.75) is 39.2 Å². The van der Waals surface area contributed by atoms with Crippen molar-refractivity contribution in [2.24, 2.45) is 0 Å². The van der Waals surface area contributed by atoms with Crippen molar-refractivity contribution >= 4 is 6.72 Å². The molecule has 1 atom stereocenters. The molecule has 1 unspecified atom stereocenters. The van der Waals surface area contributed by atoms with Crippen molar-refractivity contribution in [3.63, 3.8) is 0 Å². The second kappa shape index (κ2) is 9.13. The number of rotatable bonds is 9. The smallest absolute Gasteiger partial charge is 0.170 e. The van der Waals surface area contributed by atoms with E-state index in [1.807, 2.05) is 0 Å². The first-order chi connectivity index (χ1) is 6.70. The van der Waals surface area contributed by atoms with Crippen LogP contribution in [0.3, 0.4) is 0 Å². The highest BCUT2D eigenvalue weighted by molar-refractivity contribution is 5.14. The normalized spacial score (nSPS) is 12.8. The molecule has 3 heteroatoms. The summed E-state index contributed by atoms with van der Waals surface area (Å²) < 4.78 is 13.7. The largest absolute Gasteiger partial charge is 0.309 e. The van der Waals surface area contributed by atoms with Crippen LogP contribution in [0.25, 0.3) is 0 Å². The van der Waals surface area contributed by atoms with Gasteiger partial charge >= 0.3 is 0 Å². The SMILES string of the molecule is C=[N+](CCF)CC(C)NCCCCC. The van der Waals surface area contributed by atoms with Gasteiger partial charge in [-0.05, 0) is 19.9 Å². The standard InChI is InChI=1S/C11H24FN2/c1-4-5-6-8-13-11(2)10-14(3)9-7-12/h11,13H,3-10H2,1-2H3/q+1. The Morgan fingerprint density at radius 3 is 2.71 bits per heavy atom. The summed E-state index contributed by atoms with van der Waals surface area (Å²) in [6.45, 7) is 10.1. The minimum absolute atomic E-state index is 0.313. The van der Waals surface area contributed by atoms with Gasteiger partial charge in [-0.3, -0.25) is 0 Å². The highest BCUT2D eigenvalue weighted by Crippen LogP contribution is 1.92. The zero-order valence-electron chi connectivity index (χ0n) is 9.56. The number of hydrogen-bond donors (Lipinski definition) is 1. The topological polar surface area (TPSA) is 15.0 Å². The molecule has 0 radical (unpaired) electrons. The molecular formula is C11H24FN2+. The van der Waals surface area contributed by atoms with Crippen molar-refractivity contribution in [3.8, 4) is 0 Å². The third-order valence-corrected chi connectivity index (χ3v) is 2.21. The molecule has 0 aromatic heterocycles. The first kappa shape index (κ1) is 13.6. The van der Waals surface area contributed by atoms with Crippen molar-refractivity contribution < 1.29 is 8.97 Å². The molecule has 1 N–H and O–H groups in total. The zero-order valence-corrected chi connectivity index (χ0v) is 9.56. The molecule has 0 bridgehead atoms. The predicted octanol–water partition coefficient (Wildman–Crippen LogP) is 1.84. The van der Waals surface area contributed by atoms with E-state index < -0.39 is 0 Å². The molecule has 0 spiro atoms. The molecular weight excluding hydrogens is 179 g/mol. The third-order valence-electron chi connectivity index (χ3n) is 2.21. The Balaban J connectivity index is 3.35. The molecule has 84 valence electrons. The number of hydrogen-bond acceptors (Lipinski definition) is 1. The Bertz CT molecular complexity index is 148. The van der Waals surface area contributed by atoms with Gasteiger partial charge in [-0.2, -0.15) is 0 Å². The molecule has 0 aliphatic carbocycles. The summed E-state index contributed by atoms with van der Waals surface area (Å²) in [4.78, 5) is 0. The molecule has 0 amide bonds.